The Morgan fingerprint density at radius 1 is 1.26 bits per heavy atom. The van der Waals surface area contributed by atoms with Crippen molar-refractivity contribution in [1.29, 1.82) is 0 Å². The summed E-state index contributed by atoms with van der Waals surface area (Å²) in [4.78, 5) is 24.1. The summed E-state index contributed by atoms with van der Waals surface area (Å²) in [6, 6.07) is 4.36. The number of nitrogens with one attached hydrogen (secondary N) is 1. The molecule has 0 saturated carbocycles. The fourth-order valence-corrected chi connectivity index (χ4v) is 4.73. The summed E-state index contributed by atoms with van der Waals surface area (Å²) < 4.78 is 23.5. The van der Waals surface area contributed by atoms with E-state index >= 15 is 0 Å². The van der Waals surface area contributed by atoms with E-state index in [-0.39, 0.29) is 10.5 Å². The lowest BCUT2D eigenvalue weighted by Gasteiger charge is -2.33. The van der Waals surface area contributed by atoms with Crippen LogP contribution in [-0.2, 0) is 14.6 Å². The van der Waals surface area contributed by atoms with Gasteiger partial charge in [-0.3, -0.25) is 4.79 Å². The molecule has 0 bridgehead atoms. The number of carboxylic acid groups (broad SMARTS) is 1. The molecule has 23 heavy (non-hydrogen) atoms. The minimum Gasteiger partial charge on any atom is -0.480 e. The zero-order valence-electron chi connectivity index (χ0n) is 13.0. The monoisotopic (exact) mass is 357 g/mol. The largest absolute Gasteiger partial charge is 0.480 e. The number of hydrogen-bond acceptors (Lipinski definition) is 5. The van der Waals surface area contributed by atoms with Gasteiger partial charge in [-0.15, -0.1) is 0 Å². The van der Waals surface area contributed by atoms with Crippen molar-refractivity contribution in [3.63, 3.8) is 0 Å². The maximum atomic E-state index is 12.4. The number of carboxylic acids is 1. The molecule has 0 aliphatic carbocycles. The quantitative estimate of drug-likeness (QED) is 0.846. The second-order valence-corrected chi connectivity index (χ2v) is 8.92. The van der Waals surface area contributed by atoms with E-state index in [1.807, 2.05) is 0 Å². The first kappa shape index (κ1) is 17.8. The molecule has 1 aromatic rings. The van der Waals surface area contributed by atoms with Crippen LogP contribution in [0.15, 0.2) is 23.1 Å². The van der Waals surface area contributed by atoms with Crippen molar-refractivity contribution in [2.24, 2.45) is 0 Å². The zero-order valence-corrected chi connectivity index (χ0v) is 14.6. The van der Waals surface area contributed by atoms with Crippen LogP contribution in [0.5, 0.6) is 0 Å². The van der Waals surface area contributed by atoms with Crippen LogP contribution in [0.1, 0.15) is 28.8 Å². The number of amides is 1. The third kappa shape index (κ3) is 3.87. The molecule has 1 aliphatic heterocycles. The van der Waals surface area contributed by atoms with Crippen LogP contribution >= 0.6 is 11.8 Å². The third-order valence-corrected chi connectivity index (χ3v) is 6.18. The van der Waals surface area contributed by atoms with Crippen LogP contribution in [0.4, 0.5) is 0 Å². The first-order valence-corrected chi connectivity index (χ1v) is 10.1. The van der Waals surface area contributed by atoms with Crippen molar-refractivity contribution in [3.05, 3.63) is 29.3 Å². The summed E-state index contributed by atoms with van der Waals surface area (Å²) in [7, 11) is -3.45. The van der Waals surface area contributed by atoms with E-state index in [0.717, 1.165) is 6.26 Å². The molecule has 2 N–H and O–H groups in total. The SMILES string of the molecule is Cc1ccc(C(=O)NC2(C(=O)O)CCSCC2)cc1S(C)(=O)=O. The minimum atomic E-state index is -3.45. The highest BCUT2D eigenvalue weighted by molar-refractivity contribution is 7.99. The lowest BCUT2D eigenvalue weighted by molar-refractivity contribution is -0.144. The number of aryl methyl sites for hydroxylation is 1. The fraction of sp³-hybridized carbons (Fsp3) is 0.467. The molecule has 1 saturated heterocycles. The molecule has 2 rings (SSSR count). The number of benzene rings is 1. The first-order chi connectivity index (χ1) is 10.7. The second kappa shape index (κ2) is 6.52. The van der Waals surface area contributed by atoms with Crippen LogP contribution in [0.25, 0.3) is 0 Å². The lowest BCUT2D eigenvalue weighted by Crippen LogP contribution is -2.56. The molecule has 0 spiro atoms. The molecular formula is C15H19NO5S2. The van der Waals surface area contributed by atoms with Crippen molar-refractivity contribution in [3.8, 4) is 0 Å². The van der Waals surface area contributed by atoms with Gasteiger partial charge in [0.25, 0.3) is 5.91 Å². The molecule has 6 nitrogen and oxygen atoms in total. The van der Waals surface area contributed by atoms with Crippen LogP contribution in [-0.4, -0.2) is 48.7 Å². The molecule has 1 amide bonds. The molecule has 0 atom stereocenters. The Bertz CT molecular complexity index is 736. The average molecular weight is 357 g/mol. The Morgan fingerprint density at radius 3 is 2.39 bits per heavy atom. The lowest BCUT2D eigenvalue weighted by atomic mass is 9.92. The van der Waals surface area contributed by atoms with E-state index in [1.54, 1.807) is 24.8 Å². The second-order valence-electron chi connectivity index (χ2n) is 5.71. The van der Waals surface area contributed by atoms with Crippen molar-refractivity contribution in [2.75, 3.05) is 17.8 Å². The molecule has 1 heterocycles. The molecule has 126 valence electrons. The number of rotatable bonds is 4. The summed E-state index contributed by atoms with van der Waals surface area (Å²) >= 11 is 1.65. The first-order valence-electron chi connectivity index (χ1n) is 7.10. The van der Waals surface area contributed by atoms with E-state index in [4.69, 9.17) is 0 Å². The number of hydrogen-bond donors (Lipinski definition) is 2. The van der Waals surface area contributed by atoms with Gasteiger partial charge in [0.2, 0.25) is 0 Å². The Morgan fingerprint density at radius 2 is 1.87 bits per heavy atom. The van der Waals surface area contributed by atoms with Gasteiger partial charge in [-0.25, -0.2) is 13.2 Å². The highest BCUT2D eigenvalue weighted by Gasteiger charge is 2.41. The number of carbonyl (C=O) groups excluding carboxylic acids is 1. The van der Waals surface area contributed by atoms with Crippen molar-refractivity contribution >= 4 is 33.5 Å². The van der Waals surface area contributed by atoms with E-state index in [2.05, 4.69) is 5.32 Å². The number of sulfone groups is 1. The van der Waals surface area contributed by atoms with Gasteiger partial charge in [0.05, 0.1) is 4.90 Å². The van der Waals surface area contributed by atoms with Gasteiger partial charge >= 0.3 is 5.97 Å². The highest BCUT2D eigenvalue weighted by Crippen LogP contribution is 2.28. The minimum absolute atomic E-state index is 0.0775. The molecular weight excluding hydrogens is 338 g/mol. The van der Waals surface area contributed by atoms with Crippen LogP contribution in [0.3, 0.4) is 0 Å². The Kier molecular flexibility index (Phi) is 5.05. The van der Waals surface area contributed by atoms with E-state index in [9.17, 15) is 23.1 Å². The Labute approximate surface area is 139 Å². The van der Waals surface area contributed by atoms with Gasteiger partial charge in [0, 0.05) is 11.8 Å². The topological polar surface area (TPSA) is 101 Å². The van der Waals surface area contributed by atoms with Crippen molar-refractivity contribution in [2.45, 2.75) is 30.2 Å². The maximum absolute atomic E-state index is 12.4. The van der Waals surface area contributed by atoms with Gasteiger partial charge in [-0.05, 0) is 49.0 Å². The predicted molar refractivity (Wildman–Crippen MR) is 88.7 cm³/mol. The maximum Gasteiger partial charge on any atom is 0.329 e. The van der Waals surface area contributed by atoms with Crippen LogP contribution in [0, 0.1) is 6.92 Å². The van der Waals surface area contributed by atoms with E-state index in [1.165, 1.54) is 12.1 Å². The molecule has 0 unspecified atom stereocenters. The van der Waals surface area contributed by atoms with Crippen molar-refractivity contribution < 1.29 is 23.1 Å². The third-order valence-electron chi connectivity index (χ3n) is 3.96. The Balaban J connectivity index is 2.32. The molecule has 1 fully saturated rings. The molecule has 8 heteroatoms. The van der Waals surface area contributed by atoms with Crippen LogP contribution < -0.4 is 5.32 Å². The number of thioether (sulfide) groups is 1. The summed E-state index contributed by atoms with van der Waals surface area (Å²) in [6.07, 6.45) is 1.78. The Hall–Kier alpha value is -1.54. The number of aliphatic carboxylic acids is 1. The number of carbonyl (C=O) groups is 2. The summed E-state index contributed by atoms with van der Waals surface area (Å²) in [5, 5.41) is 12.1. The van der Waals surface area contributed by atoms with Gasteiger partial charge < -0.3 is 10.4 Å². The van der Waals surface area contributed by atoms with Gasteiger partial charge in [-0.2, -0.15) is 11.8 Å². The van der Waals surface area contributed by atoms with Crippen molar-refractivity contribution in [1.82, 2.24) is 5.32 Å². The van der Waals surface area contributed by atoms with Gasteiger partial charge in [-0.1, -0.05) is 6.07 Å². The fourth-order valence-electron chi connectivity index (χ4n) is 2.54. The summed E-state index contributed by atoms with van der Waals surface area (Å²) in [5.41, 5.74) is -0.584. The van der Waals surface area contributed by atoms with E-state index < -0.39 is 27.3 Å². The molecule has 0 radical (unpaired) electrons. The zero-order chi connectivity index (χ0) is 17.3. The van der Waals surface area contributed by atoms with E-state index in [0.29, 0.717) is 29.9 Å². The van der Waals surface area contributed by atoms with Gasteiger partial charge in [0.1, 0.15) is 5.54 Å². The van der Waals surface area contributed by atoms with Crippen LogP contribution in [0.2, 0.25) is 0 Å². The average Bonchev–Trinajstić information content (AvgIpc) is 2.47. The molecule has 1 aliphatic rings. The molecule has 0 aromatic heterocycles. The standard InChI is InChI=1S/C15H19NO5S2/c1-10-3-4-11(9-12(10)23(2,20)21)13(17)16-15(14(18)19)5-7-22-8-6-15/h3-4,9H,5-8H2,1-2H3,(H,16,17)(H,18,19). The smallest absolute Gasteiger partial charge is 0.329 e. The summed E-state index contributed by atoms with van der Waals surface area (Å²) in [6.45, 7) is 1.65. The highest BCUT2D eigenvalue weighted by atomic mass is 32.2. The van der Waals surface area contributed by atoms with Gasteiger partial charge in [0.15, 0.2) is 9.84 Å². The molecule has 1 aromatic carbocycles. The summed E-state index contributed by atoms with van der Waals surface area (Å²) in [5.74, 6) is -0.296. The normalized spacial score (nSPS) is 17.5. The predicted octanol–water partition coefficient (Wildman–Crippen LogP) is 1.48.